The molecule has 0 spiro atoms. The quantitative estimate of drug-likeness (QED) is 0.582. The fourth-order valence-corrected chi connectivity index (χ4v) is 4.93. The van der Waals surface area contributed by atoms with Gasteiger partial charge < -0.3 is 23.7 Å². The van der Waals surface area contributed by atoms with Crippen molar-refractivity contribution >= 4 is 32.6 Å². The van der Waals surface area contributed by atoms with Gasteiger partial charge in [-0.3, -0.25) is 10.1 Å². The molecule has 5 rings (SSSR count). The van der Waals surface area contributed by atoms with Crippen LogP contribution >= 0.6 is 11.3 Å². The molecule has 10 heteroatoms. The third kappa shape index (κ3) is 4.93. The number of nitrogens with zero attached hydrogens (tertiary/aromatic N) is 2. The first kappa shape index (κ1) is 22.0. The maximum Gasteiger partial charge on any atom is 0.257 e. The SMILES string of the molecule is COc1ccc(C2COCCO2)c2sc(NC(=O)c3ccnc(OC4CCOCC4)c3)nc12. The molecule has 0 radical (unpaired) electrons. The Morgan fingerprint density at radius 2 is 2.03 bits per heavy atom. The van der Waals surface area contributed by atoms with Crippen LogP contribution in [0.4, 0.5) is 5.13 Å². The molecule has 9 nitrogen and oxygen atoms in total. The number of carbonyl (C=O) groups is 1. The van der Waals surface area contributed by atoms with Gasteiger partial charge in [0.05, 0.1) is 44.8 Å². The Bertz CT molecular complexity index is 1120. The number of thiazole rings is 1. The summed E-state index contributed by atoms with van der Waals surface area (Å²) < 4.78 is 29.1. The summed E-state index contributed by atoms with van der Waals surface area (Å²) in [5.74, 6) is 0.779. The lowest BCUT2D eigenvalue weighted by atomic mass is 10.1. The average Bonchev–Trinajstić information content (AvgIpc) is 3.28. The average molecular weight is 472 g/mol. The van der Waals surface area contributed by atoms with Gasteiger partial charge in [0.15, 0.2) is 5.13 Å². The fourth-order valence-electron chi connectivity index (χ4n) is 3.89. The molecular weight excluding hydrogens is 446 g/mol. The fraction of sp³-hybridized carbons (Fsp3) is 0.435. The number of hydrogen-bond donors (Lipinski definition) is 1. The van der Waals surface area contributed by atoms with E-state index in [-0.39, 0.29) is 18.1 Å². The van der Waals surface area contributed by atoms with E-state index >= 15 is 0 Å². The number of methoxy groups -OCH3 is 1. The van der Waals surface area contributed by atoms with E-state index < -0.39 is 0 Å². The Balaban J connectivity index is 1.36. The van der Waals surface area contributed by atoms with Gasteiger partial charge in [-0.15, -0.1) is 0 Å². The highest BCUT2D eigenvalue weighted by atomic mass is 32.1. The predicted octanol–water partition coefficient (Wildman–Crippen LogP) is 3.60. The van der Waals surface area contributed by atoms with Crippen LogP contribution < -0.4 is 14.8 Å². The van der Waals surface area contributed by atoms with Gasteiger partial charge in [0.2, 0.25) is 5.88 Å². The minimum Gasteiger partial charge on any atom is -0.494 e. The lowest BCUT2D eigenvalue weighted by molar-refractivity contribution is -0.0895. The van der Waals surface area contributed by atoms with Crippen LogP contribution in [0.3, 0.4) is 0 Å². The number of anilines is 1. The summed E-state index contributed by atoms with van der Waals surface area (Å²) >= 11 is 1.38. The number of nitrogens with one attached hydrogen (secondary N) is 1. The predicted molar refractivity (Wildman–Crippen MR) is 122 cm³/mol. The normalized spacial score (nSPS) is 19.4. The van der Waals surface area contributed by atoms with Gasteiger partial charge in [0.25, 0.3) is 5.91 Å². The first-order chi connectivity index (χ1) is 16.2. The highest BCUT2D eigenvalue weighted by Gasteiger charge is 2.23. The molecule has 2 saturated heterocycles. The highest BCUT2D eigenvalue weighted by molar-refractivity contribution is 7.22. The van der Waals surface area contributed by atoms with Crippen molar-refractivity contribution in [2.75, 3.05) is 45.5 Å². The largest absolute Gasteiger partial charge is 0.494 e. The van der Waals surface area contributed by atoms with Crippen LogP contribution in [0.15, 0.2) is 30.5 Å². The zero-order valence-electron chi connectivity index (χ0n) is 18.2. The van der Waals surface area contributed by atoms with E-state index in [1.165, 1.54) is 11.3 Å². The molecule has 174 valence electrons. The molecule has 0 aliphatic carbocycles. The highest BCUT2D eigenvalue weighted by Crippen LogP contribution is 2.39. The molecule has 1 N–H and O–H groups in total. The molecule has 2 fully saturated rings. The smallest absolute Gasteiger partial charge is 0.257 e. The number of fused-ring (bicyclic) bond motifs is 1. The lowest BCUT2D eigenvalue weighted by Crippen LogP contribution is -2.26. The zero-order valence-corrected chi connectivity index (χ0v) is 19.1. The zero-order chi connectivity index (χ0) is 22.6. The van der Waals surface area contributed by atoms with Crippen LogP contribution in [0.5, 0.6) is 11.6 Å². The molecule has 0 bridgehead atoms. The standard InChI is InChI=1S/C23H25N3O6S/c1-28-17-3-2-16(18-13-30-10-11-31-18)21-20(17)25-23(33-21)26-22(27)14-4-7-24-19(12-14)32-15-5-8-29-9-6-15/h2-4,7,12,15,18H,5-6,8-11,13H2,1H3,(H,25,26,27). The molecule has 33 heavy (non-hydrogen) atoms. The third-order valence-corrected chi connectivity index (χ3v) is 6.61. The number of pyridine rings is 1. The number of amides is 1. The van der Waals surface area contributed by atoms with Crippen LogP contribution in [-0.4, -0.2) is 62.1 Å². The van der Waals surface area contributed by atoms with Crippen LogP contribution in [0.1, 0.15) is 34.9 Å². The molecule has 1 aromatic carbocycles. The van der Waals surface area contributed by atoms with E-state index in [9.17, 15) is 4.79 Å². The topological polar surface area (TPSA) is 101 Å². The minimum absolute atomic E-state index is 0.0469. The second kappa shape index (κ2) is 10.0. The van der Waals surface area contributed by atoms with Gasteiger partial charge in [-0.2, -0.15) is 0 Å². The van der Waals surface area contributed by atoms with Gasteiger partial charge in [-0.1, -0.05) is 17.4 Å². The van der Waals surface area contributed by atoms with Crippen molar-refractivity contribution in [3.05, 3.63) is 41.6 Å². The van der Waals surface area contributed by atoms with Crippen molar-refractivity contribution in [3.8, 4) is 11.6 Å². The summed E-state index contributed by atoms with van der Waals surface area (Å²) in [7, 11) is 1.60. The Kier molecular flexibility index (Phi) is 6.68. The molecule has 2 aliphatic rings. The summed E-state index contributed by atoms with van der Waals surface area (Å²) in [5.41, 5.74) is 2.10. The maximum atomic E-state index is 13.0. The van der Waals surface area contributed by atoms with Crippen molar-refractivity contribution in [2.24, 2.45) is 0 Å². The first-order valence-electron chi connectivity index (χ1n) is 10.9. The summed E-state index contributed by atoms with van der Waals surface area (Å²) in [6.45, 7) is 2.96. The van der Waals surface area contributed by atoms with Gasteiger partial charge in [-0.05, 0) is 12.1 Å². The number of benzene rings is 1. The van der Waals surface area contributed by atoms with E-state index in [2.05, 4.69) is 15.3 Å². The second-order valence-corrected chi connectivity index (χ2v) is 8.75. The van der Waals surface area contributed by atoms with Gasteiger partial charge in [0.1, 0.15) is 23.5 Å². The summed E-state index contributed by atoms with van der Waals surface area (Å²) in [6, 6.07) is 7.13. The van der Waals surface area contributed by atoms with E-state index in [0.29, 0.717) is 60.9 Å². The Hall–Kier alpha value is -2.79. The summed E-state index contributed by atoms with van der Waals surface area (Å²) in [6.07, 6.45) is 3.06. The van der Waals surface area contributed by atoms with Crippen molar-refractivity contribution in [1.29, 1.82) is 0 Å². The molecule has 2 aliphatic heterocycles. The number of rotatable bonds is 6. The molecular formula is C23H25N3O6S. The molecule has 4 heterocycles. The van der Waals surface area contributed by atoms with Gasteiger partial charge >= 0.3 is 0 Å². The number of ether oxygens (including phenoxy) is 5. The molecule has 0 saturated carbocycles. The van der Waals surface area contributed by atoms with Crippen LogP contribution in [0, 0.1) is 0 Å². The first-order valence-corrected chi connectivity index (χ1v) is 11.7. The van der Waals surface area contributed by atoms with Crippen LogP contribution in [0.2, 0.25) is 0 Å². The maximum absolute atomic E-state index is 13.0. The Morgan fingerprint density at radius 3 is 2.82 bits per heavy atom. The van der Waals surface area contributed by atoms with Gasteiger partial charge in [-0.25, -0.2) is 9.97 Å². The Morgan fingerprint density at radius 1 is 1.15 bits per heavy atom. The molecule has 1 amide bonds. The van der Waals surface area contributed by atoms with Crippen LogP contribution in [0.25, 0.3) is 10.2 Å². The van der Waals surface area contributed by atoms with Crippen molar-refractivity contribution < 1.29 is 28.5 Å². The minimum atomic E-state index is -0.286. The van der Waals surface area contributed by atoms with Crippen molar-refractivity contribution in [1.82, 2.24) is 9.97 Å². The van der Waals surface area contributed by atoms with E-state index in [4.69, 9.17) is 23.7 Å². The molecule has 2 aromatic heterocycles. The number of hydrogen-bond acceptors (Lipinski definition) is 9. The van der Waals surface area contributed by atoms with Crippen LogP contribution in [-0.2, 0) is 14.2 Å². The molecule has 1 atom stereocenters. The monoisotopic (exact) mass is 471 g/mol. The molecule has 3 aromatic rings. The van der Waals surface area contributed by atoms with E-state index in [1.807, 2.05) is 12.1 Å². The third-order valence-electron chi connectivity index (χ3n) is 5.59. The Labute approximate surface area is 195 Å². The summed E-state index contributed by atoms with van der Waals surface area (Å²) in [5, 5.41) is 3.37. The van der Waals surface area contributed by atoms with E-state index in [1.54, 1.807) is 25.4 Å². The second-order valence-electron chi connectivity index (χ2n) is 7.75. The van der Waals surface area contributed by atoms with Crippen molar-refractivity contribution in [3.63, 3.8) is 0 Å². The summed E-state index contributed by atoms with van der Waals surface area (Å²) in [4.78, 5) is 21.8. The lowest BCUT2D eigenvalue weighted by Gasteiger charge is -2.23. The number of carbonyl (C=O) groups excluding carboxylic acids is 1. The van der Waals surface area contributed by atoms with E-state index in [0.717, 1.165) is 23.1 Å². The van der Waals surface area contributed by atoms with Gasteiger partial charge in [0, 0.05) is 36.2 Å². The van der Waals surface area contributed by atoms with Crippen molar-refractivity contribution in [2.45, 2.75) is 25.0 Å². The number of aromatic nitrogens is 2. The molecule has 1 unspecified atom stereocenters.